The van der Waals surface area contributed by atoms with Crippen LogP contribution in [0.5, 0.6) is 11.5 Å². The van der Waals surface area contributed by atoms with Crippen LogP contribution in [0, 0.1) is 11.6 Å². The van der Waals surface area contributed by atoms with Gasteiger partial charge in [-0.1, -0.05) is 19.1 Å². The lowest BCUT2D eigenvalue weighted by atomic mass is 10.0. The lowest BCUT2D eigenvalue weighted by Gasteiger charge is -2.27. The summed E-state index contributed by atoms with van der Waals surface area (Å²) < 4.78 is 37.1. The number of nitrogens with zero attached hydrogens (tertiary/aromatic N) is 2. The summed E-state index contributed by atoms with van der Waals surface area (Å²) in [6.07, 6.45) is 0.218. The molecular weight excluding hydrogens is 402 g/mol. The van der Waals surface area contributed by atoms with E-state index in [9.17, 15) is 13.6 Å². The summed E-state index contributed by atoms with van der Waals surface area (Å²) in [5, 5.41) is 0. The van der Waals surface area contributed by atoms with Gasteiger partial charge in [0.05, 0.1) is 6.61 Å². The van der Waals surface area contributed by atoms with Gasteiger partial charge < -0.3 is 14.4 Å². The van der Waals surface area contributed by atoms with Gasteiger partial charge in [0, 0.05) is 32.6 Å². The second-order valence-electron chi connectivity index (χ2n) is 6.63. The fourth-order valence-corrected chi connectivity index (χ4v) is 2.67. The third kappa shape index (κ3) is 7.18. The molecule has 0 saturated heterocycles. The average molecular weight is 429 g/mol. The molecule has 0 heterocycles. The Balaban J connectivity index is 0.00000420. The average Bonchev–Trinajstić information content (AvgIpc) is 2.68. The molecule has 0 fully saturated rings. The minimum atomic E-state index is -0.928. The van der Waals surface area contributed by atoms with Crippen LogP contribution in [-0.2, 0) is 0 Å². The number of benzene rings is 2. The van der Waals surface area contributed by atoms with Crippen LogP contribution in [-0.4, -0.2) is 50.2 Å². The molecule has 0 aliphatic heterocycles. The molecule has 0 aliphatic rings. The highest BCUT2D eigenvalue weighted by atomic mass is 35.5. The number of rotatable bonds is 8. The Hall–Kier alpha value is -2.38. The molecule has 1 amide bonds. The van der Waals surface area contributed by atoms with E-state index >= 15 is 0 Å². The largest absolute Gasteiger partial charge is 0.493 e. The molecule has 29 heavy (non-hydrogen) atoms. The van der Waals surface area contributed by atoms with Crippen LogP contribution < -0.4 is 9.47 Å². The van der Waals surface area contributed by atoms with Crippen LogP contribution >= 0.6 is 12.4 Å². The van der Waals surface area contributed by atoms with E-state index in [-0.39, 0.29) is 18.4 Å². The molecule has 0 aromatic heterocycles. The first-order chi connectivity index (χ1) is 13.3. The highest BCUT2D eigenvalue weighted by Crippen LogP contribution is 2.26. The smallest absolute Gasteiger partial charge is 0.414 e. The van der Waals surface area contributed by atoms with E-state index in [0.29, 0.717) is 24.5 Å². The molecular formula is C21H27ClF2N2O3. The van der Waals surface area contributed by atoms with Gasteiger partial charge >= 0.3 is 6.09 Å². The highest BCUT2D eigenvalue weighted by Gasteiger charge is 2.17. The number of ether oxygens (including phenoxy) is 2. The number of halogens is 3. The van der Waals surface area contributed by atoms with Crippen LogP contribution in [0.25, 0.3) is 0 Å². The summed E-state index contributed by atoms with van der Waals surface area (Å²) in [5.74, 6) is -1.06. The minimum absolute atomic E-state index is 0. The lowest BCUT2D eigenvalue weighted by Crippen LogP contribution is -2.26. The Kier molecular flexibility index (Phi) is 9.85. The molecule has 160 valence electrons. The van der Waals surface area contributed by atoms with Crippen LogP contribution in [0.1, 0.15) is 24.9 Å². The molecule has 0 aliphatic carbocycles. The van der Waals surface area contributed by atoms with Gasteiger partial charge in [-0.05, 0) is 43.4 Å². The van der Waals surface area contributed by atoms with Crippen LogP contribution in [0.3, 0.4) is 0 Å². The van der Waals surface area contributed by atoms with Gasteiger partial charge in [-0.2, -0.15) is 0 Å². The van der Waals surface area contributed by atoms with Gasteiger partial charge in [-0.15, -0.1) is 12.4 Å². The lowest BCUT2D eigenvalue weighted by molar-refractivity contribution is 0.172. The highest BCUT2D eigenvalue weighted by molar-refractivity contribution is 5.85. The van der Waals surface area contributed by atoms with Crippen LogP contribution in [0.2, 0.25) is 0 Å². The molecule has 2 aromatic carbocycles. The molecule has 8 heteroatoms. The maximum absolute atomic E-state index is 13.3. The summed E-state index contributed by atoms with van der Waals surface area (Å²) >= 11 is 0. The zero-order valence-electron chi connectivity index (χ0n) is 17.0. The van der Waals surface area contributed by atoms with E-state index in [1.165, 1.54) is 11.0 Å². The summed E-state index contributed by atoms with van der Waals surface area (Å²) in [5.41, 5.74) is 1.04. The van der Waals surface area contributed by atoms with E-state index in [0.717, 1.165) is 24.2 Å². The summed E-state index contributed by atoms with van der Waals surface area (Å²) in [6, 6.07) is 10.9. The van der Waals surface area contributed by atoms with Gasteiger partial charge in [0.25, 0.3) is 0 Å². The van der Waals surface area contributed by atoms with E-state index in [2.05, 4.69) is 11.8 Å². The van der Waals surface area contributed by atoms with Crippen molar-refractivity contribution in [1.82, 2.24) is 9.80 Å². The normalized spacial score (nSPS) is 11.6. The zero-order valence-corrected chi connectivity index (χ0v) is 17.8. The predicted molar refractivity (Wildman–Crippen MR) is 111 cm³/mol. The van der Waals surface area contributed by atoms with Crippen molar-refractivity contribution >= 4 is 18.5 Å². The molecule has 0 spiro atoms. The quantitative estimate of drug-likeness (QED) is 0.599. The summed E-state index contributed by atoms with van der Waals surface area (Å²) in [6.45, 7) is 3.22. The van der Waals surface area contributed by atoms with Crippen molar-refractivity contribution in [1.29, 1.82) is 0 Å². The third-order valence-electron chi connectivity index (χ3n) is 4.42. The molecule has 0 radical (unpaired) electrons. The fraction of sp³-hybridized carbons (Fsp3) is 0.381. The molecule has 1 atom stereocenters. The topological polar surface area (TPSA) is 42.0 Å². The van der Waals surface area contributed by atoms with Gasteiger partial charge in [-0.3, -0.25) is 4.90 Å². The fourth-order valence-electron chi connectivity index (χ4n) is 2.67. The maximum atomic E-state index is 13.3. The number of carbonyl (C=O) groups is 1. The number of amides is 1. The Morgan fingerprint density at radius 3 is 2.17 bits per heavy atom. The first-order valence-electron chi connectivity index (χ1n) is 9.09. The van der Waals surface area contributed by atoms with Gasteiger partial charge in [0.2, 0.25) is 0 Å². The minimum Gasteiger partial charge on any atom is -0.493 e. The molecule has 0 bridgehead atoms. The first-order valence-corrected chi connectivity index (χ1v) is 9.09. The van der Waals surface area contributed by atoms with Gasteiger partial charge in [0.1, 0.15) is 11.5 Å². The van der Waals surface area contributed by atoms with Crippen molar-refractivity contribution < 1.29 is 23.0 Å². The molecule has 2 rings (SSSR count). The Labute approximate surface area is 176 Å². The monoisotopic (exact) mass is 428 g/mol. The predicted octanol–water partition coefficient (Wildman–Crippen LogP) is 4.91. The first kappa shape index (κ1) is 24.7. The Bertz CT molecular complexity index is 788. The van der Waals surface area contributed by atoms with E-state index in [1.54, 1.807) is 26.2 Å². The maximum Gasteiger partial charge on any atom is 0.414 e. The van der Waals surface area contributed by atoms with Crippen molar-refractivity contribution in [2.24, 2.45) is 0 Å². The van der Waals surface area contributed by atoms with E-state index in [4.69, 9.17) is 9.47 Å². The van der Waals surface area contributed by atoms with Crippen molar-refractivity contribution in [3.05, 3.63) is 59.7 Å². The van der Waals surface area contributed by atoms with Gasteiger partial charge in [-0.25, -0.2) is 13.6 Å². The number of hydrogen-bond donors (Lipinski definition) is 0. The molecule has 5 nitrogen and oxygen atoms in total. The standard InChI is InChI=1S/C21H26F2N2O3.ClH/c1-5-25(4)20(12-13-27-17-10-11-18(22)19(23)14-17)15-6-8-16(9-7-15)28-21(26)24(2)3;/h6-11,14,20H,5,12-13H2,1-4H3;1H. The molecule has 1 unspecified atom stereocenters. The Morgan fingerprint density at radius 1 is 1.00 bits per heavy atom. The van der Waals surface area contributed by atoms with Gasteiger partial charge in [0.15, 0.2) is 11.6 Å². The van der Waals surface area contributed by atoms with Crippen molar-refractivity contribution in [2.75, 3.05) is 34.3 Å². The SMILES string of the molecule is CCN(C)C(CCOc1ccc(F)c(F)c1)c1ccc(OC(=O)N(C)C)cc1.Cl. The van der Waals surface area contributed by atoms with Crippen molar-refractivity contribution in [3.63, 3.8) is 0 Å². The molecule has 0 N–H and O–H groups in total. The number of carbonyl (C=O) groups excluding carboxylic acids is 1. The summed E-state index contributed by atoms with van der Waals surface area (Å²) in [7, 11) is 5.24. The Morgan fingerprint density at radius 2 is 1.62 bits per heavy atom. The summed E-state index contributed by atoms with van der Waals surface area (Å²) in [4.78, 5) is 15.2. The van der Waals surface area contributed by atoms with Crippen LogP contribution in [0.4, 0.5) is 13.6 Å². The zero-order chi connectivity index (χ0) is 20.7. The molecule has 2 aromatic rings. The number of hydrogen-bond acceptors (Lipinski definition) is 4. The molecule has 0 saturated carbocycles. The third-order valence-corrected chi connectivity index (χ3v) is 4.42. The van der Waals surface area contributed by atoms with Crippen molar-refractivity contribution in [2.45, 2.75) is 19.4 Å². The van der Waals surface area contributed by atoms with Crippen LogP contribution in [0.15, 0.2) is 42.5 Å². The second kappa shape index (κ2) is 11.6. The second-order valence-corrected chi connectivity index (χ2v) is 6.63. The van der Waals surface area contributed by atoms with E-state index in [1.807, 2.05) is 19.2 Å². The van der Waals surface area contributed by atoms with Crippen molar-refractivity contribution in [3.8, 4) is 11.5 Å². The van der Waals surface area contributed by atoms with E-state index < -0.39 is 17.7 Å².